The van der Waals surface area contributed by atoms with E-state index in [1.165, 1.54) is 89.9 Å². The average Bonchev–Trinajstić information content (AvgIpc) is 3.12. The molecule has 0 amide bonds. The highest BCUT2D eigenvalue weighted by Gasteiger charge is 2.27. The predicted octanol–water partition coefficient (Wildman–Crippen LogP) is 11.9. The number of hydrogen-bond donors (Lipinski definition) is 1. The summed E-state index contributed by atoms with van der Waals surface area (Å²) in [6.45, 7) is 4.32. The van der Waals surface area contributed by atoms with Crippen LogP contribution in [0.4, 0.5) is 0 Å². The number of nitrogens with zero attached hydrogens (tertiary/aromatic N) is 1. The SMILES string of the molecule is CCCCCC=CCC=CCC=CCC=CCCCC(=O)OC[C@H](COP(=O)(O)OCC[N+](C)(C)C)OC(=O)CCCCCCCCCCCCCCC. The molecule has 54 heavy (non-hydrogen) atoms. The van der Waals surface area contributed by atoms with Crippen LogP contribution in [0.2, 0.25) is 0 Å². The number of allylic oxidation sites excluding steroid dienone is 8. The second-order valence-electron chi connectivity index (χ2n) is 15.4. The highest BCUT2D eigenvalue weighted by molar-refractivity contribution is 7.47. The van der Waals surface area contributed by atoms with Crippen LogP contribution in [0.15, 0.2) is 48.6 Å². The molecule has 9 nitrogen and oxygen atoms in total. The minimum Gasteiger partial charge on any atom is -0.462 e. The van der Waals surface area contributed by atoms with Crippen molar-refractivity contribution in [2.45, 2.75) is 174 Å². The third-order valence-corrected chi connectivity index (χ3v) is 9.85. The minimum atomic E-state index is -4.38. The first-order valence-corrected chi connectivity index (χ1v) is 22.9. The zero-order chi connectivity index (χ0) is 40.0. The van der Waals surface area contributed by atoms with Crippen molar-refractivity contribution < 1.29 is 42.1 Å². The number of esters is 2. The van der Waals surface area contributed by atoms with Crippen LogP contribution in [-0.2, 0) is 32.7 Å². The van der Waals surface area contributed by atoms with Crippen LogP contribution in [0.5, 0.6) is 0 Å². The summed E-state index contributed by atoms with van der Waals surface area (Å²) in [7, 11) is 1.45. The van der Waals surface area contributed by atoms with Crippen LogP contribution in [0, 0.1) is 0 Å². The van der Waals surface area contributed by atoms with Crippen molar-refractivity contribution in [3.05, 3.63) is 48.6 Å². The van der Waals surface area contributed by atoms with Gasteiger partial charge in [0, 0.05) is 12.8 Å². The van der Waals surface area contributed by atoms with Gasteiger partial charge in [0.2, 0.25) is 0 Å². The number of phosphoric ester groups is 1. The normalized spacial score (nSPS) is 14.1. The van der Waals surface area contributed by atoms with Gasteiger partial charge >= 0.3 is 19.8 Å². The Morgan fingerprint density at radius 1 is 0.574 bits per heavy atom. The Hall–Kier alpha value is -2.03. The zero-order valence-electron chi connectivity index (χ0n) is 35.2. The number of carbonyl (C=O) groups excluding carboxylic acids is 2. The standard InChI is InChI=1S/C44H80NO8P/c1-6-8-10-12-14-16-18-20-21-22-23-25-26-28-30-32-34-36-43(46)50-40-42(41-52-54(48,49)51-39-38-45(3,4)5)53-44(47)37-35-33-31-29-27-24-19-17-15-13-11-9-7-2/h14,16,20-21,23,25,28,30,42H,6-13,15,17-19,22,24,26-27,29,31-41H2,1-5H3/p+1/t42-/m1/s1. The number of phosphoric acid groups is 1. The maximum absolute atomic E-state index is 12.7. The van der Waals surface area contributed by atoms with E-state index < -0.39 is 32.5 Å². The Morgan fingerprint density at radius 2 is 1.02 bits per heavy atom. The van der Waals surface area contributed by atoms with E-state index in [4.69, 9.17) is 18.5 Å². The lowest BCUT2D eigenvalue weighted by Crippen LogP contribution is -2.37. The second kappa shape index (κ2) is 36.6. The van der Waals surface area contributed by atoms with Gasteiger partial charge in [0.05, 0.1) is 27.7 Å². The molecule has 0 bridgehead atoms. The summed E-state index contributed by atoms with van der Waals surface area (Å²) in [6, 6.07) is 0. The van der Waals surface area contributed by atoms with Gasteiger partial charge in [0.25, 0.3) is 0 Å². The van der Waals surface area contributed by atoms with Gasteiger partial charge in [-0.25, -0.2) is 4.57 Å². The fourth-order valence-corrected chi connectivity index (χ4v) is 6.22. The Labute approximate surface area is 331 Å². The van der Waals surface area contributed by atoms with E-state index in [0.717, 1.165) is 38.5 Å². The second-order valence-corrected chi connectivity index (χ2v) is 16.8. The summed E-state index contributed by atoms with van der Waals surface area (Å²) >= 11 is 0. The van der Waals surface area contributed by atoms with E-state index in [1.807, 2.05) is 21.1 Å². The molecule has 0 saturated heterocycles. The first-order chi connectivity index (χ1) is 26.0. The molecule has 0 spiro atoms. The molecular weight excluding hydrogens is 701 g/mol. The molecule has 1 N–H and O–H groups in total. The quantitative estimate of drug-likeness (QED) is 0.0217. The molecule has 0 heterocycles. The smallest absolute Gasteiger partial charge is 0.462 e. The number of likely N-dealkylation sites (N-methyl/N-ethyl adjacent to an activating group) is 1. The lowest BCUT2D eigenvalue weighted by atomic mass is 10.0. The van der Waals surface area contributed by atoms with Crippen LogP contribution in [0.3, 0.4) is 0 Å². The predicted molar refractivity (Wildman–Crippen MR) is 224 cm³/mol. The van der Waals surface area contributed by atoms with E-state index in [0.29, 0.717) is 23.9 Å². The molecule has 0 aromatic rings. The summed E-state index contributed by atoms with van der Waals surface area (Å²) in [5.41, 5.74) is 0. The summed E-state index contributed by atoms with van der Waals surface area (Å²) in [6.07, 6.45) is 41.6. The number of ether oxygens (including phenoxy) is 2. The van der Waals surface area contributed by atoms with E-state index in [1.54, 1.807) is 0 Å². The van der Waals surface area contributed by atoms with Crippen molar-refractivity contribution >= 4 is 19.8 Å². The fraction of sp³-hybridized carbons (Fsp3) is 0.773. The number of unbranched alkanes of at least 4 members (excludes halogenated alkanes) is 16. The third-order valence-electron chi connectivity index (χ3n) is 8.86. The zero-order valence-corrected chi connectivity index (χ0v) is 36.1. The van der Waals surface area contributed by atoms with Crippen molar-refractivity contribution in [2.24, 2.45) is 0 Å². The molecule has 0 aromatic heterocycles. The lowest BCUT2D eigenvalue weighted by Gasteiger charge is -2.24. The van der Waals surface area contributed by atoms with Gasteiger partial charge in [-0.1, -0.05) is 152 Å². The van der Waals surface area contributed by atoms with E-state index in [-0.39, 0.29) is 26.1 Å². The Morgan fingerprint density at radius 3 is 1.54 bits per heavy atom. The van der Waals surface area contributed by atoms with Crippen LogP contribution in [0.25, 0.3) is 0 Å². The number of quaternary nitrogens is 1. The van der Waals surface area contributed by atoms with Gasteiger partial charge in [-0.05, 0) is 51.4 Å². The van der Waals surface area contributed by atoms with E-state index >= 15 is 0 Å². The van der Waals surface area contributed by atoms with Crippen molar-refractivity contribution in [3.8, 4) is 0 Å². The van der Waals surface area contributed by atoms with Crippen LogP contribution < -0.4 is 0 Å². The Kier molecular flexibility index (Phi) is 35.2. The summed E-state index contributed by atoms with van der Waals surface area (Å²) in [4.78, 5) is 35.3. The van der Waals surface area contributed by atoms with Gasteiger partial charge in [-0.2, -0.15) is 0 Å². The van der Waals surface area contributed by atoms with Gasteiger partial charge in [0.15, 0.2) is 6.10 Å². The monoisotopic (exact) mass is 783 g/mol. The minimum absolute atomic E-state index is 0.0230. The molecule has 0 fully saturated rings. The van der Waals surface area contributed by atoms with Gasteiger partial charge < -0.3 is 18.9 Å². The summed E-state index contributed by atoms with van der Waals surface area (Å²) in [5.74, 6) is -0.864. The van der Waals surface area contributed by atoms with Gasteiger partial charge in [-0.15, -0.1) is 0 Å². The van der Waals surface area contributed by atoms with Crippen molar-refractivity contribution in [1.82, 2.24) is 0 Å². The molecule has 1 unspecified atom stereocenters. The lowest BCUT2D eigenvalue weighted by molar-refractivity contribution is -0.870. The van der Waals surface area contributed by atoms with Gasteiger partial charge in [-0.3, -0.25) is 18.6 Å². The molecule has 0 aliphatic carbocycles. The maximum atomic E-state index is 12.7. The van der Waals surface area contributed by atoms with E-state index in [2.05, 4.69) is 62.5 Å². The van der Waals surface area contributed by atoms with Crippen LogP contribution in [-0.4, -0.2) is 74.9 Å². The number of rotatable bonds is 38. The van der Waals surface area contributed by atoms with Crippen LogP contribution >= 0.6 is 7.82 Å². The van der Waals surface area contributed by atoms with E-state index in [9.17, 15) is 19.0 Å². The average molecular weight is 783 g/mol. The molecule has 0 radical (unpaired) electrons. The molecule has 0 saturated carbocycles. The largest absolute Gasteiger partial charge is 0.472 e. The molecule has 0 aliphatic heterocycles. The Bertz CT molecular complexity index is 1070. The molecule has 10 heteroatoms. The first-order valence-electron chi connectivity index (χ1n) is 21.4. The highest BCUT2D eigenvalue weighted by atomic mass is 31.2. The van der Waals surface area contributed by atoms with Crippen LogP contribution in [0.1, 0.15) is 168 Å². The summed E-state index contributed by atoms with van der Waals surface area (Å²) in [5, 5.41) is 0. The molecule has 0 aromatic carbocycles. The molecule has 0 aliphatic rings. The fourth-order valence-electron chi connectivity index (χ4n) is 5.48. The van der Waals surface area contributed by atoms with Gasteiger partial charge in [0.1, 0.15) is 19.8 Å². The number of carbonyl (C=O) groups is 2. The topological polar surface area (TPSA) is 108 Å². The highest BCUT2D eigenvalue weighted by Crippen LogP contribution is 2.43. The third kappa shape index (κ3) is 39.7. The number of hydrogen-bond acceptors (Lipinski definition) is 7. The van der Waals surface area contributed by atoms with Crippen molar-refractivity contribution in [1.29, 1.82) is 0 Å². The summed E-state index contributed by atoms with van der Waals surface area (Å²) < 4.78 is 34.2. The molecule has 314 valence electrons. The molecule has 0 rings (SSSR count). The maximum Gasteiger partial charge on any atom is 0.472 e. The van der Waals surface area contributed by atoms with Crippen molar-refractivity contribution in [3.63, 3.8) is 0 Å². The van der Waals surface area contributed by atoms with Crippen molar-refractivity contribution in [2.75, 3.05) is 47.5 Å². The molecular formula is C44H81NO8P+. The first kappa shape index (κ1) is 52.0. The Balaban J connectivity index is 4.47. The molecule has 2 atom stereocenters.